The normalized spacial score (nSPS) is 12.5. The van der Waals surface area contributed by atoms with Crippen molar-refractivity contribution < 1.29 is 14.7 Å². The lowest BCUT2D eigenvalue weighted by Crippen LogP contribution is -2.42. The van der Waals surface area contributed by atoms with Crippen LogP contribution in [-0.4, -0.2) is 23.0 Å². The van der Waals surface area contributed by atoms with Crippen molar-refractivity contribution >= 4 is 11.9 Å². The quantitative estimate of drug-likeness (QED) is 0.753. The fraction of sp³-hybridized carbons (Fsp3) is 0.267. The van der Waals surface area contributed by atoms with E-state index in [2.05, 4.69) is 11.2 Å². The van der Waals surface area contributed by atoms with E-state index in [0.717, 1.165) is 5.56 Å². The third-order valence-electron chi connectivity index (χ3n) is 2.66. The van der Waals surface area contributed by atoms with Crippen molar-refractivity contribution in [2.45, 2.75) is 18.9 Å². The van der Waals surface area contributed by atoms with Crippen LogP contribution in [0.25, 0.3) is 0 Å². The number of rotatable bonds is 6. The Labute approximate surface area is 117 Å². The van der Waals surface area contributed by atoms with Crippen molar-refractivity contribution in [3.8, 4) is 18.4 Å². The van der Waals surface area contributed by atoms with Crippen LogP contribution in [0.1, 0.15) is 12.0 Å². The predicted molar refractivity (Wildman–Crippen MR) is 72.3 cm³/mol. The maximum atomic E-state index is 11.7. The van der Waals surface area contributed by atoms with E-state index in [0.29, 0.717) is 0 Å². The summed E-state index contributed by atoms with van der Waals surface area (Å²) in [7, 11) is 0. The lowest BCUT2D eigenvalue weighted by molar-refractivity contribution is -0.141. The molecule has 0 bridgehead atoms. The van der Waals surface area contributed by atoms with Gasteiger partial charge in [-0.25, -0.2) is 4.79 Å². The van der Waals surface area contributed by atoms with E-state index in [9.17, 15) is 9.59 Å². The Morgan fingerprint density at radius 3 is 2.50 bits per heavy atom. The molecule has 1 aromatic rings. The highest BCUT2D eigenvalue weighted by Gasteiger charge is 2.21. The first-order valence-corrected chi connectivity index (χ1v) is 5.98. The summed E-state index contributed by atoms with van der Waals surface area (Å²) in [5, 5.41) is 20.2. The smallest absolute Gasteiger partial charge is 0.326 e. The van der Waals surface area contributed by atoms with Crippen LogP contribution in [0.15, 0.2) is 30.3 Å². The molecule has 102 valence electrons. The summed E-state index contributed by atoms with van der Waals surface area (Å²) in [5.74, 6) is -0.353. The number of carbonyl (C=O) groups is 2. The third kappa shape index (κ3) is 4.83. The molecule has 5 nitrogen and oxygen atoms in total. The van der Waals surface area contributed by atoms with E-state index in [1.807, 2.05) is 6.07 Å². The van der Waals surface area contributed by atoms with Gasteiger partial charge in [-0.1, -0.05) is 36.3 Å². The average Bonchev–Trinajstić information content (AvgIpc) is 2.45. The van der Waals surface area contributed by atoms with Gasteiger partial charge >= 0.3 is 5.97 Å². The third-order valence-corrected chi connectivity index (χ3v) is 2.66. The van der Waals surface area contributed by atoms with Crippen molar-refractivity contribution in [3.63, 3.8) is 0 Å². The average molecular weight is 270 g/mol. The van der Waals surface area contributed by atoms with Crippen molar-refractivity contribution in [3.05, 3.63) is 35.9 Å². The number of hydrogen-bond acceptors (Lipinski definition) is 3. The van der Waals surface area contributed by atoms with E-state index in [1.165, 1.54) is 0 Å². The fourth-order valence-corrected chi connectivity index (χ4v) is 1.63. The number of benzene rings is 1. The zero-order valence-corrected chi connectivity index (χ0v) is 10.7. The zero-order chi connectivity index (χ0) is 15.0. The molecule has 0 aliphatic rings. The van der Waals surface area contributed by atoms with E-state index >= 15 is 0 Å². The van der Waals surface area contributed by atoms with E-state index in [1.54, 1.807) is 30.3 Å². The molecule has 2 atom stereocenters. The number of nitrogens with zero attached hydrogens (tertiary/aromatic N) is 1. The molecule has 20 heavy (non-hydrogen) atoms. The van der Waals surface area contributed by atoms with Gasteiger partial charge in [0.05, 0.1) is 12.5 Å². The minimum absolute atomic E-state index is 0.176. The van der Waals surface area contributed by atoms with Crippen molar-refractivity contribution in [2.75, 3.05) is 0 Å². The highest BCUT2D eigenvalue weighted by molar-refractivity contribution is 5.84. The van der Waals surface area contributed by atoms with Crippen molar-refractivity contribution in [1.29, 1.82) is 5.26 Å². The first-order valence-electron chi connectivity index (χ1n) is 5.98. The second kappa shape index (κ2) is 7.60. The van der Waals surface area contributed by atoms with Crippen LogP contribution in [0.5, 0.6) is 0 Å². The second-order valence-electron chi connectivity index (χ2n) is 4.20. The topological polar surface area (TPSA) is 90.2 Å². The first kappa shape index (κ1) is 15.3. The minimum Gasteiger partial charge on any atom is -0.480 e. The number of aliphatic carboxylic acids is 1. The van der Waals surface area contributed by atoms with Gasteiger partial charge in [0, 0.05) is 6.42 Å². The molecule has 1 rings (SSSR count). The van der Waals surface area contributed by atoms with Gasteiger partial charge in [0.2, 0.25) is 5.91 Å². The predicted octanol–water partition coefficient (Wildman–Crippen LogP) is 0.962. The maximum Gasteiger partial charge on any atom is 0.326 e. The molecular weight excluding hydrogens is 256 g/mol. The Morgan fingerprint density at radius 2 is 2.00 bits per heavy atom. The lowest BCUT2D eigenvalue weighted by Gasteiger charge is -2.14. The Balaban J connectivity index is 2.65. The highest BCUT2D eigenvalue weighted by atomic mass is 16.4. The number of terminal acetylenes is 1. The highest BCUT2D eigenvalue weighted by Crippen LogP contribution is 2.05. The van der Waals surface area contributed by atoms with Crippen LogP contribution in [0.4, 0.5) is 0 Å². The molecule has 5 heteroatoms. The summed E-state index contributed by atoms with van der Waals surface area (Å²) >= 11 is 0. The second-order valence-corrected chi connectivity index (χ2v) is 4.20. The number of hydrogen-bond donors (Lipinski definition) is 2. The molecule has 2 N–H and O–H groups in total. The molecule has 0 fully saturated rings. The van der Waals surface area contributed by atoms with Gasteiger partial charge in [-0.15, -0.1) is 6.42 Å². The molecule has 1 unspecified atom stereocenters. The molecule has 0 saturated heterocycles. The Kier molecular flexibility index (Phi) is 5.80. The molecule has 0 radical (unpaired) electrons. The lowest BCUT2D eigenvalue weighted by atomic mass is 10.0. The number of amides is 1. The van der Waals surface area contributed by atoms with E-state index in [-0.39, 0.29) is 12.8 Å². The van der Waals surface area contributed by atoms with Crippen molar-refractivity contribution in [1.82, 2.24) is 5.32 Å². The Hall–Kier alpha value is -2.79. The summed E-state index contributed by atoms with van der Waals surface area (Å²) in [6.45, 7) is 0. The number of carboxylic acids is 1. The standard InChI is InChI=1S/C15H14N2O3/c1-2-11(10-16)9-14(18)17-13(15(19)20)8-12-6-4-3-5-7-12/h1,3-7,11,13H,8-9H2,(H,17,18)(H,19,20)/t11?,13-/m0/s1. The van der Waals surface area contributed by atoms with Crippen LogP contribution in [0.3, 0.4) is 0 Å². The SMILES string of the molecule is C#CC(C#N)CC(=O)N[C@@H](Cc1ccccc1)C(=O)O. The molecule has 0 aliphatic heterocycles. The molecule has 0 aromatic heterocycles. The summed E-state index contributed by atoms with van der Waals surface area (Å²) in [4.78, 5) is 22.8. The van der Waals surface area contributed by atoms with Crippen molar-refractivity contribution in [2.24, 2.45) is 5.92 Å². The zero-order valence-electron chi connectivity index (χ0n) is 10.7. The van der Waals surface area contributed by atoms with Crippen LogP contribution in [0, 0.1) is 29.6 Å². The maximum absolute atomic E-state index is 11.7. The molecule has 0 spiro atoms. The van der Waals surface area contributed by atoms with Gasteiger partial charge in [0.25, 0.3) is 0 Å². The van der Waals surface area contributed by atoms with E-state index in [4.69, 9.17) is 16.8 Å². The van der Waals surface area contributed by atoms with Crippen LogP contribution in [0.2, 0.25) is 0 Å². The Bertz CT molecular complexity index is 541. The number of nitrogens with one attached hydrogen (secondary N) is 1. The first-order chi connectivity index (χ1) is 9.56. The van der Waals surface area contributed by atoms with E-state index < -0.39 is 23.8 Å². The fourth-order valence-electron chi connectivity index (χ4n) is 1.63. The molecular formula is C15H14N2O3. The monoisotopic (exact) mass is 270 g/mol. The van der Waals surface area contributed by atoms with Crippen LogP contribution >= 0.6 is 0 Å². The minimum atomic E-state index is -1.13. The molecule has 1 amide bonds. The number of nitriles is 1. The molecule has 0 saturated carbocycles. The summed E-state index contributed by atoms with van der Waals surface area (Å²) in [6.07, 6.45) is 5.05. The van der Waals surface area contributed by atoms with Gasteiger partial charge < -0.3 is 10.4 Å². The number of carboxylic acid groups (broad SMARTS) is 1. The van der Waals surface area contributed by atoms with Gasteiger partial charge in [-0.3, -0.25) is 4.79 Å². The van der Waals surface area contributed by atoms with Gasteiger partial charge in [-0.05, 0) is 5.56 Å². The molecule has 0 heterocycles. The summed E-state index contributed by atoms with van der Waals surface area (Å²) in [6, 6.07) is 9.71. The largest absolute Gasteiger partial charge is 0.480 e. The van der Waals surface area contributed by atoms with Gasteiger partial charge in [-0.2, -0.15) is 5.26 Å². The Morgan fingerprint density at radius 1 is 1.35 bits per heavy atom. The van der Waals surface area contributed by atoms with Gasteiger partial charge in [0.1, 0.15) is 12.0 Å². The van der Waals surface area contributed by atoms with Crippen LogP contribution < -0.4 is 5.32 Å². The van der Waals surface area contributed by atoms with Crippen LogP contribution in [-0.2, 0) is 16.0 Å². The van der Waals surface area contributed by atoms with Gasteiger partial charge in [0.15, 0.2) is 0 Å². The number of carbonyl (C=O) groups excluding carboxylic acids is 1. The molecule has 1 aromatic carbocycles. The summed E-state index contributed by atoms with van der Waals surface area (Å²) in [5.41, 5.74) is 0.800. The summed E-state index contributed by atoms with van der Waals surface area (Å²) < 4.78 is 0. The molecule has 0 aliphatic carbocycles.